The maximum absolute atomic E-state index is 11.7. The first kappa shape index (κ1) is 12.2. The summed E-state index contributed by atoms with van der Waals surface area (Å²) in [6.07, 6.45) is 10.1. The van der Waals surface area contributed by atoms with E-state index in [0.717, 1.165) is 16.5 Å². The lowest BCUT2D eigenvalue weighted by atomic mass is 9.86. The van der Waals surface area contributed by atoms with Crippen molar-refractivity contribution in [3.05, 3.63) is 63.8 Å². The number of carboxylic acid groups (broad SMARTS) is 1. The zero-order valence-corrected chi connectivity index (χ0v) is 11.6. The largest absolute Gasteiger partial charge is 0.479 e. The molecule has 0 fully saturated rings. The molecule has 1 heterocycles. The number of hydrogen-bond donors (Lipinski definition) is 2. The van der Waals surface area contributed by atoms with Crippen LogP contribution in [0.15, 0.2) is 47.1 Å². The number of aliphatic carboxylic acids is 1. The van der Waals surface area contributed by atoms with Gasteiger partial charge in [-0.2, -0.15) is 0 Å². The van der Waals surface area contributed by atoms with Crippen molar-refractivity contribution in [2.45, 2.75) is 12.0 Å². The molecule has 0 saturated carbocycles. The standard InChI is InChI=1S/C15H12BrNO2/c16-13-6-7-17-15(9-13,14(18)19)12-5-4-10-2-1-3-11(10)8-12/h1-2,4-9,17H,3H2,(H,18,19). The van der Waals surface area contributed by atoms with Gasteiger partial charge in [0.25, 0.3) is 0 Å². The SMILES string of the molecule is O=C(O)C1(c2ccc3c(c2)CC=C3)C=C(Br)C=CN1. The minimum absolute atomic E-state index is 0.740. The molecule has 1 aliphatic heterocycles. The monoisotopic (exact) mass is 317 g/mol. The van der Waals surface area contributed by atoms with Gasteiger partial charge < -0.3 is 10.4 Å². The van der Waals surface area contributed by atoms with E-state index in [1.807, 2.05) is 18.2 Å². The molecule has 96 valence electrons. The van der Waals surface area contributed by atoms with Crippen molar-refractivity contribution in [2.24, 2.45) is 0 Å². The number of rotatable bonds is 2. The van der Waals surface area contributed by atoms with Gasteiger partial charge in [-0.05, 0) is 41.5 Å². The molecule has 0 amide bonds. The third-order valence-electron chi connectivity index (χ3n) is 3.48. The minimum atomic E-state index is -1.20. The molecule has 19 heavy (non-hydrogen) atoms. The fourth-order valence-electron chi connectivity index (χ4n) is 2.47. The summed E-state index contributed by atoms with van der Waals surface area (Å²) in [6.45, 7) is 0. The van der Waals surface area contributed by atoms with Gasteiger partial charge in [0.15, 0.2) is 5.54 Å². The first-order valence-corrected chi connectivity index (χ1v) is 6.77. The zero-order chi connectivity index (χ0) is 13.5. The van der Waals surface area contributed by atoms with E-state index in [-0.39, 0.29) is 0 Å². The Morgan fingerprint density at radius 1 is 1.37 bits per heavy atom. The van der Waals surface area contributed by atoms with Gasteiger partial charge in [0.1, 0.15) is 0 Å². The van der Waals surface area contributed by atoms with Gasteiger partial charge in [-0.25, -0.2) is 4.79 Å². The summed E-state index contributed by atoms with van der Waals surface area (Å²) in [5, 5.41) is 12.6. The Hall–Kier alpha value is -1.81. The highest BCUT2D eigenvalue weighted by Gasteiger charge is 2.39. The van der Waals surface area contributed by atoms with Crippen LogP contribution in [0.1, 0.15) is 16.7 Å². The van der Waals surface area contributed by atoms with Crippen molar-refractivity contribution < 1.29 is 9.90 Å². The molecule has 0 saturated heterocycles. The molecule has 1 aliphatic carbocycles. The van der Waals surface area contributed by atoms with E-state index < -0.39 is 11.5 Å². The Labute approximate surface area is 119 Å². The predicted molar refractivity (Wildman–Crippen MR) is 77.8 cm³/mol. The van der Waals surface area contributed by atoms with Gasteiger partial charge in [-0.1, -0.05) is 46.3 Å². The van der Waals surface area contributed by atoms with Gasteiger partial charge in [0, 0.05) is 4.48 Å². The Morgan fingerprint density at radius 3 is 2.95 bits per heavy atom. The minimum Gasteiger partial charge on any atom is -0.479 e. The van der Waals surface area contributed by atoms with Crippen LogP contribution in [-0.2, 0) is 16.8 Å². The molecule has 0 spiro atoms. The van der Waals surface area contributed by atoms with E-state index in [0.29, 0.717) is 0 Å². The normalized spacial score (nSPS) is 23.7. The summed E-state index contributed by atoms with van der Waals surface area (Å²) in [7, 11) is 0. The molecule has 1 aromatic rings. The van der Waals surface area contributed by atoms with Crippen molar-refractivity contribution in [3.63, 3.8) is 0 Å². The highest BCUT2D eigenvalue weighted by molar-refractivity contribution is 9.11. The molecule has 4 heteroatoms. The Balaban J connectivity index is 2.12. The predicted octanol–water partition coefficient (Wildman–Crippen LogP) is 2.93. The zero-order valence-electron chi connectivity index (χ0n) is 10.1. The molecular formula is C15H12BrNO2. The third-order valence-corrected chi connectivity index (χ3v) is 3.97. The van der Waals surface area contributed by atoms with Crippen LogP contribution in [0.25, 0.3) is 6.08 Å². The van der Waals surface area contributed by atoms with Gasteiger partial charge in [-0.3, -0.25) is 0 Å². The average molecular weight is 318 g/mol. The Morgan fingerprint density at radius 2 is 2.21 bits per heavy atom. The van der Waals surface area contributed by atoms with Crippen LogP contribution in [0.3, 0.4) is 0 Å². The number of carbonyl (C=O) groups is 1. The molecule has 0 bridgehead atoms. The average Bonchev–Trinajstić information content (AvgIpc) is 2.85. The maximum Gasteiger partial charge on any atom is 0.338 e. The number of allylic oxidation sites excluding steroid dienone is 3. The molecule has 0 aromatic heterocycles. The summed E-state index contributed by atoms with van der Waals surface area (Å²) in [5.74, 6) is -0.917. The second-order valence-corrected chi connectivity index (χ2v) is 5.56. The van der Waals surface area contributed by atoms with Crippen LogP contribution in [-0.4, -0.2) is 11.1 Å². The fourth-order valence-corrected chi connectivity index (χ4v) is 2.94. The van der Waals surface area contributed by atoms with Crippen LogP contribution in [0.4, 0.5) is 0 Å². The van der Waals surface area contributed by atoms with Crippen molar-refractivity contribution in [1.82, 2.24) is 5.32 Å². The van der Waals surface area contributed by atoms with E-state index in [2.05, 4.69) is 33.4 Å². The summed E-state index contributed by atoms with van der Waals surface area (Å²) < 4.78 is 0.757. The topological polar surface area (TPSA) is 49.3 Å². The number of nitrogens with one attached hydrogen (secondary N) is 1. The number of dihydropyridines is 1. The number of carboxylic acids is 1. The van der Waals surface area contributed by atoms with Crippen LogP contribution < -0.4 is 5.32 Å². The van der Waals surface area contributed by atoms with Gasteiger partial charge >= 0.3 is 5.97 Å². The van der Waals surface area contributed by atoms with Crippen LogP contribution in [0.2, 0.25) is 0 Å². The number of hydrogen-bond acceptors (Lipinski definition) is 2. The van der Waals surface area contributed by atoms with Crippen molar-refractivity contribution in [1.29, 1.82) is 0 Å². The molecule has 2 N–H and O–H groups in total. The van der Waals surface area contributed by atoms with E-state index >= 15 is 0 Å². The maximum atomic E-state index is 11.7. The summed E-state index contributed by atoms with van der Waals surface area (Å²) in [6, 6.07) is 5.80. The van der Waals surface area contributed by atoms with E-state index in [9.17, 15) is 9.90 Å². The lowest BCUT2D eigenvalue weighted by molar-refractivity contribution is -0.142. The highest BCUT2D eigenvalue weighted by Crippen LogP contribution is 2.32. The number of benzene rings is 1. The second kappa shape index (κ2) is 4.38. The van der Waals surface area contributed by atoms with Crippen molar-refractivity contribution in [3.8, 4) is 0 Å². The number of fused-ring (bicyclic) bond motifs is 1. The lowest BCUT2D eigenvalue weighted by Gasteiger charge is -2.30. The van der Waals surface area contributed by atoms with Crippen molar-refractivity contribution in [2.75, 3.05) is 0 Å². The molecule has 1 unspecified atom stereocenters. The third kappa shape index (κ3) is 1.92. The molecular weight excluding hydrogens is 306 g/mol. The highest BCUT2D eigenvalue weighted by atomic mass is 79.9. The van der Waals surface area contributed by atoms with Crippen LogP contribution in [0, 0.1) is 0 Å². The Kier molecular flexibility index (Phi) is 2.82. The van der Waals surface area contributed by atoms with Crippen LogP contribution in [0.5, 0.6) is 0 Å². The smallest absolute Gasteiger partial charge is 0.338 e. The molecule has 1 aromatic carbocycles. The van der Waals surface area contributed by atoms with E-state index in [1.165, 1.54) is 11.1 Å². The Bertz CT molecular complexity index is 646. The first-order valence-electron chi connectivity index (χ1n) is 5.98. The summed E-state index contributed by atoms with van der Waals surface area (Å²) in [5.41, 5.74) is 1.87. The summed E-state index contributed by atoms with van der Waals surface area (Å²) in [4.78, 5) is 11.7. The van der Waals surface area contributed by atoms with Gasteiger partial charge in [0.05, 0.1) is 0 Å². The molecule has 2 aliphatic rings. The number of halogens is 1. The van der Waals surface area contributed by atoms with Crippen LogP contribution >= 0.6 is 15.9 Å². The fraction of sp³-hybridized carbons (Fsp3) is 0.133. The van der Waals surface area contributed by atoms with Crippen molar-refractivity contribution >= 4 is 28.0 Å². The molecule has 0 radical (unpaired) electrons. The first-order chi connectivity index (χ1) is 9.12. The van der Waals surface area contributed by atoms with Gasteiger partial charge in [0.2, 0.25) is 0 Å². The van der Waals surface area contributed by atoms with Gasteiger partial charge in [-0.15, -0.1) is 0 Å². The van der Waals surface area contributed by atoms with E-state index in [4.69, 9.17) is 0 Å². The molecule has 3 nitrogen and oxygen atoms in total. The second-order valence-electron chi connectivity index (χ2n) is 4.64. The molecule has 3 rings (SSSR count). The summed E-state index contributed by atoms with van der Waals surface area (Å²) >= 11 is 3.35. The lowest BCUT2D eigenvalue weighted by Crippen LogP contribution is -2.46. The van der Waals surface area contributed by atoms with E-state index in [1.54, 1.807) is 18.4 Å². The molecule has 1 atom stereocenters. The quantitative estimate of drug-likeness (QED) is 0.881.